The van der Waals surface area contributed by atoms with E-state index in [9.17, 15) is 8.42 Å². The first-order valence-corrected chi connectivity index (χ1v) is 6.96. The van der Waals surface area contributed by atoms with E-state index < -0.39 is 9.84 Å². The number of nitrogens with one attached hydrogen (secondary N) is 1. The Morgan fingerprint density at radius 2 is 1.71 bits per heavy atom. The number of rotatable bonds is 6. The Hall–Kier alpha value is -1.11. The van der Waals surface area contributed by atoms with Gasteiger partial charge in [-0.05, 0) is 24.3 Å². The van der Waals surface area contributed by atoms with Gasteiger partial charge in [0.05, 0.1) is 11.4 Å². The van der Waals surface area contributed by atoms with E-state index in [0.717, 1.165) is 5.69 Å². The average molecular weight is 259 g/mol. The molecule has 1 N–H and O–H groups in total. The topological polar surface area (TPSA) is 64.6 Å². The molecule has 17 heavy (non-hydrogen) atoms. The summed E-state index contributed by atoms with van der Waals surface area (Å²) in [5, 5.41) is 3.08. The van der Waals surface area contributed by atoms with Gasteiger partial charge < -0.3 is 14.8 Å². The average Bonchev–Trinajstić information content (AvgIpc) is 2.30. The van der Waals surface area contributed by atoms with Crippen molar-refractivity contribution < 1.29 is 17.9 Å². The molecule has 0 aliphatic heterocycles. The molecule has 0 unspecified atom stereocenters. The maximum absolute atomic E-state index is 11.2. The first-order valence-electron chi connectivity index (χ1n) is 5.07. The molecule has 0 radical (unpaired) electrons. The van der Waals surface area contributed by atoms with Crippen molar-refractivity contribution in [1.82, 2.24) is 0 Å². The molecule has 0 spiro atoms. The third-order valence-electron chi connectivity index (χ3n) is 2.28. The van der Waals surface area contributed by atoms with Crippen molar-refractivity contribution in [3.8, 4) is 0 Å². The fourth-order valence-electron chi connectivity index (χ4n) is 1.28. The zero-order valence-corrected chi connectivity index (χ0v) is 11.0. The Balaban J connectivity index is 2.63. The summed E-state index contributed by atoms with van der Waals surface area (Å²) in [5.74, 6) is 0. The van der Waals surface area contributed by atoms with Crippen LogP contribution >= 0.6 is 0 Å². The van der Waals surface area contributed by atoms with Crippen LogP contribution in [0.3, 0.4) is 0 Å². The molecular formula is C11H17NO4S. The van der Waals surface area contributed by atoms with Gasteiger partial charge in [-0.1, -0.05) is 0 Å². The minimum absolute atomic E-state index is 0.304. The molecule has 0 aliphatic rings. The van der Waals surface area contributed by atoms with Gasteiger partial charge in [-0.2, -0.15) is 0 Å². The number of hydrogen-bond donors (Lipinski definition) is 1. The van der Waals surface area contributed by atoms with Crippen LogP contribution in [-0.2, 0) is 19.3 Å². The van der Waals surface area contributed by atoms with Crippen LogP contribution in [0.4, 0.5) is 5.69 Å². The van der Waals surface area contributed by atoms with Crippen LogP contribution in [0.15, 0.2) is 29.2 Å². The van der Waals surface area contributed by atoms with Crippen molar-refractivity contribution in [1.29, 1.82) is 0 Å². The Labute approximate surface area is 102 Å². The maximum atomic E-state index is 11.2. The molecule has 1 aromatic carbocycles. The van der Waals surface area contributed by atoms with Crippen molar-refractivity contribution in [2.45, 2.75) is 11.2 Å². The van der Waals surface area contributed by atoms with Gasteiger partial charge in [0.2, 0.25) is 0 Å². The minimum atomic E-state index is -3.14. The number of anilines is 1. The quantitative estimate of drug-likeness (QED) is 0.776. The molecule has 5 nitrogen and oxygen atoms in total. The zero-order chi connectivity index (χ0) is 12.9. The van der Waals surface area contributed by atoms with E-state index in [-0.39, 0.29) is 6.29 Å². The van der Waals surface area contributed by atoms with Crippen LogP contribution in [0.5, 0.6) is 0 Å². The Morgan fingerprint density at radius 3 is 2.12 bits per heavy atom. The Bertz CT molecular complexity index is 437. The SMILES string of the molecule is COC(CNc1ccc(S(C)(=O)=O)cc1)OC. The second-order valence-electron chi connectivity index (χ2n) is 3.58. The van der Waals surface area contributed by atoms with E-state index in [0.29, 0.717) is 11.4 Å². The normalized spacial score (nSPS) is 11.8. The van der Waals surface area contributed by atoms with Crippen molar-refractivity contribution in [2.75, 3.05) is 32.3 Å². The number of benzene rings is 1. The molecular weight excluding hydrogens is 242 g/mol. The van der Waals surface area contributed by atoms with E-state index >= 15 is 0 Å². The molecule has 0 atom stereocenters. The molecule has 0 aliphatic carbocycles. The molecule has 0 aromatic heterocycles. The van der Waals surface area contributed by atoms with Crippen molar-refractivity contribution >= 4 is 15.5 Å². The summed E-state index contributed by atoms with van der Waals surface area (Å²) in [6, 6.07) is 6.54. The van der Waals surface area contributed by atoms with Gasteiger partial charge in [-0.25, -0.2) is 8.42 Å². The molecule has 0 saturated heterocycles. The maximum Gasteiger partial charge on any atom is 0.175 e. The first kappa shape index (κ1) is 14.0. The lowest BCUT2D eigenvalue weighted by atomic mass is 10.3. The van der Waals surface area contributed by atoms with Gasteiger partial charge in [-0.15, -0.1) is 0 Å². The highest BCUT2D eigenvalue weighted by molar-refractivity contribution is 7.90. The summed E-state index contributed by atoms with van der Waals surface area (Å²) in [5.41, 5.74) is 0.816. The second kappa shape index (κ2) is 6.00. The summed E-state index contributed by atoms with van der Waals surface area (Å²) < 4.78 is 32.5. The monoisotopic (exact) mass is 259 g/mol. The van der Waals surface area contributed by atoms with E-state index in [1.807, 2.05) is 0 Å². The predicted molar refractivity (Wildman–Crippen MR) is 65.8 cm³/mol. The summed E-state index contributed by atoms with van der Waals surface area (Å²) in [6.07, 6.45) is 0.853. The van der Waals surface area contributed by atoms with Crippen molar-refractivity contribution in [3.05, 3.63) is 24.3 Å². The van der Waals surface area contributed by atoms with E-state index in [1.165, 1.54) is 6.26 Å². The smallest absolute Gasteiger partial charge is 0.175 e. The lowest BCUT2D eigenvalue weighted by Crippen LogP contribution is -2.23. The van der Waals surface area contributed by atoms with Crippen LogP contribution in [-0.4, -0.2) is 41.7 Å². The number of ether oxygens (including phenoxy) is 2. The fourth-order valence-corrected chi connectivity index (χ4v) is 1.91. The Kier molecular flexibility index (Phi) is 4.92. The standard InChI is InChI=1S/C11H17NO4S/c1-15-11(16-2)8-12-9-4-6-10(7-5-9)17(3,13)14/h4-7,11-12H,8H2,1-3H3. The highest BCUT2D eigenvalue weighted by Crippen LogP contribution is 2.13. The number of sulfone groups is 1. The summed E-state index contributed by atoms with van der Waals surface area (Å²) in [7, 11) is -0.0211. The Morgan fingerprint density at radius 1 is 1.18 bits per heavy atom. The van der Waals surface area contributed by atoms with Gasteiger partial charge in [0.25, 0.3) is 0 Å². The number of methoxy groups -OCH3 is 2. The molecule has 0 heterocycles. The lowest BCUT2D eigenvalue weighted by molar-refractivity contribution is -0.0914. The second-order valence-corrected chi connectivity index (χ2v) is 5.59. The summed E-state index contributed by atoms with van der Waals surface area (Å²) in [6.45, 7) is 0.491. The van der Waals surface area contributed by atoms with E-state index in [4.69, 9.17) is 9.47 Å². The minimum Gasteiger partial charge on any atom is -0.380 e. The third-order valence-corrected chi connectivity index (χ3v) is 3.41. The van der Waals surface area contributed by atoms with Crippen molar-refractivity contribution in [3.63, 3.8) is 0 Å². The van der Waals surface area contributed by atoms with E-state index in [2.05, 4.69) is 5.32 Å². The largest absolute Gasteiger partial charge is 0.380 e. The lowest BCUT2D eigenvalue weighted by Gasteiger charge is -2.14. The van der Waals surface area contributed by atoms with Gasteiger partial charge in [-0.3, -0.25) is 0 Å². The predicted octanol–water partition coefficient (Wildman–Crippen LogP) is 1.12. The summed E-state index contributed by atoms with van der Waals surface area (Å²) >= 11 is 0. The van der Waals surface area contributed by atoms with Gasteiger partial charge in [0, 0.05) is 26.2 Å². The number of hydrogen-bond acceptors (Lipinski definition) is 5. The van der Waals surface area contributed by atoms with E-state index in [1.54, 1.807) is 38.5 Å². The van der Waals surface area contributed by atoms with Crippen LogP contribution in [0.2, 0.25) is 0 Å². The third kappa shape index (κ3) is 4.33. The zero-order valence-electron chi connectivity index (χ0n) is 10.1. The van der Waals surface area contributed by atoms with Crippen LogP contribution < -0.4 is 5.32 Å². The molecule has 1 rings (SSSR count). The summed E-state index contributed by atoms with van der Waals surface area (Å²) in [4.78, 5) is 0.304. The molecule has 0 saturated carbocycles. The van der Waals surface area contributed by atoms with Crippen molar-refractivity contribution in [2.24, 2.45) is 0 Å². The van der Waals surface area contributed by atoms with Crippen LogP contribution in [0.25, 0.3) is 0 Å². The van der Waals surface area contributed by atoms with Crippen LogP contribution in [0, 0.1) is 0 Å². The first-order chi connectivity index (χ1) is 7.97. The van der Waals surface area contributed by atoms with Gasteiger partial charge in [0.15, 0.2) is 16.1 Å². The highest BCUT2D eigenvalue weighted by Gasteiger charge is 2.07. The molecule has 0 fully saturated rings. The molecule has 0 amide bonds. The molecule has 1 aromatic rings. The fraction of sp³-hybridized carbons (Fsp3) is 0.455. The van der Waals surface area contributed by atoms with Crippen LogP contribution in [0.1, 0.15) is 0 Å². The molecule has 96 valence electrons. The van der Waals surface area contributed by atoms with Gasteiger partial charge >= 0.3 is 0 Å². The van der Waals surface area contributed by atoms with Gasteiger partial charge in [0.1, 0.15) is 0 Å². The molecule has 0 bridgehead atoms. The molecule has 6 heteroatoms. The highest BCUT2D eigenvalue weighted by atomic mass is 32.2.